The minimum Gasteiger partial charge on any atom is -0.0698 e. The van der Waals surface area contributed by atoms with E-state index < -0.39 is 0 Å². The Morgan fingerprint density at radius 3 is 2.13 bits per heavy atom. The van der Waals surface area contributed by atoms with Gasteiger partial charge in [-0.25, -0.2) is 0 Å². The summed E-state index contributed by atoms with van der Waals surface area (Å²) in [6.07, 6.45) is 4.04. The molecule has 0 saturated heterocycles. The molecule has 0 aliphatic rings. The lowest BCUT2D eigenvalue weighted by atomic mass is 10.3. The van der Waals surface area contributed by atoms with Crippen LogP contribution in [0.5, 0.6) is 0 Å². The second-order valence-electron chi connectivity index (χ2n) is 5.01. The molecule has 0 spiro atoms. The SMILES string of the molecule is CCCCP(c1ccccc1)C(C)(C)C. The third-order valence-electron chi connectivity index (χ3n) is 2.61. The first-order chi connectivity index (χ1) is 7.05. The largest absolute Gasteiger partial charge is 0.0698 e. The lowest BCUT2D eigenvalue weighted by Gasteiger charge is -2.31. The predicted octanol–water partition coefficient (Wildman–Crippen LogP) is 4.39. The van der Waals surface area contributed by atoms with Crippen molar-refractivity contribution in [2.75, 3.05) is 6.16 Å². The fourth-order valence-electron chi connectivity index (χ4n) is 1.78. The van der Waals surface area contributed by atoms with Crippen molar-refractivity contribution < 1.29 is 0 Å². The number of rotatable bonds is 4. The van der Waals surface area contributed by atoms with Crippen molar-refractivity contribution in [3.63, 3.8) is 0 Å². The first-order valence-corrected chi connectivity index (χ1v) is 7.41. The summed E-state index contributed by atoms with van der Waals surface area (Å²) in [7, 11) is -0.00270. The van der Waals surface area contributed by atoms with E-state index in [-0.39, 0.29) is 7.92 Å². The van der Waals surface area contributed by atoms with E-state index in [0.717, 1.165) is 0 Å². The van der Waals surface area contributed by atoms with E-state index in [1.165, 1.54) is 19.0 Å². The van der Waals surface area contributed by atoms with Crippen molar-refractivity contribution in [2.45, 2.75) is 45.7 Å². The Morgan fingerprint density at radius 2 is 1.67 bits per heavy atom. The van der Waals surface area contributed by atoms with Crippen LogP contribution in [-0.2, 0) is 0 Å². The molecule has 84 valence electrons. The van der Waals surface area contributed by atoms with Gasteiger partial charge in [0.1, 0.15) is 0 Å². The molecule has 0 saturated carbocycles. The van der Waals surface area contributed by atoms with Crippen LogP contribution in [0.2, 0.25) is 0 Å². The summed E-state index contributed by atoms with van der Waals surface area (Å²) < 4.78 is 0. The third-order valence-corrected chi connectivity index (χ3v) is 5.92. The maximum Gasteiger partial charge on any atom is -0.0139 e. The number of hydrogen-bond acceptors (Lipinski definition) is 0. The molecule has 0 aliphatic carbocycles. The topological polar surface area (TPSA) is 0 Å². The molecule has 1 unspecified atom stereocenters. The number of hydrogen-bond donors (Lipinski definition) is 0. The molecule has 1 atom stereocenters. The Morgan fingerprint density at radius 1 is 1.07 bits per heavy atom. The van der Waals surface area contributed by atoms with Crippen LogP contribution in [0.15, 0.2) is 30.3 Å². The van der Waals surface area contributed by atoms with E-state index >= 15 is 0 Å². The zero-order valence-electron chi connectivity index (χ0n) is 10.5. The average Bonchev–Trinajstić information content (AvgIpc) is 2.18. The van der Waals surface area contributed by atoms with Crippen LogP contribution in [0.1, 0.15) is 40.5 Å². The van der Waals surface area contributed by atoms with Crippen molar-refractivity contribution in [3.05, 3.63) is 30.3 Å². The molecule has 0 aromatic heterocycles. The molecule has 0 bridgehead atoms. The summed E-state index contributed by atoms with van der Waals surface area (Å²) in [6, 6.07) is 11.0. The van der Waals surface area contributed by atoms with Crippen LogP contribution in [0.25, 0.3) is 0 Å². The number of benzene rings is 1. The highest BCUT2D eigenvalue weighted by Crippen LogP contribution is 2.48. The zero-order chi connectivity index (χ0) is 11.3. The van der Waals surface area contributed by atoms with Crippen LogP contribution in [-0.4, -0.2) is 11.3 Å². The highest BCUT2D eigenvalue weighted by Gasteiger charge is 2.24. The van der Waals surface area contributed by atoms with E-state index in [2.05, 4.69) is 58.0 Å². The van der Waals surface area contributed by atoms with Gasteiger partial charge in [-0.3, -0.25) is 0 Å². The fourth-order valence-corrected chi connectivity index (χ4v) is 4.64. The predicted molar refractivity (Wildman–Crippen MR) is 72.5 cm³/mol. The maximum absolute atomic E-state index is 2.38. The van der Waals surface area contributed by atoms with Crippen LogP contribution in [0.3, 0.4) is 0 Å². The van der Waals surface area contributed by atoms with E-state index in [0.29, 0.717) is 5.16 Å². The van der Waals surface area contributed by atoms with Gasteiger partial charge in [0, 0.05) is 0 Å². The molecule has 0 N–H and O–H groups in total. The quantitative estimate of drug-likeness (QED) is 0.663. The van der Waals surface area contributed by atoms with Crippen LogP contribution in [0.4, 0.5) is 0 Å². The van der Waals surface area contributed by atoms with E-state index in [1.54, 1.807) is 5.30 Å². The van der Waals surface area contributed by atoms with Gasteiger partial charge in [-0.15, -0.1) is 0 Å². The first-order valence-electron chi connectivity index (χ1n) is 5.88. The Kier molecular flexibility index (Phi) is 4.80. The lowest BCUT2D eigenvalue weighted by molar-refractivity contribution is 0.776. The Labute approximate surface area is 95.9 Å². The molecular weight excluding hydrogens is 199 g/mol. The van der Waals surface area contributed by atoms with Gasteiger partial charge in [0.15, 0.2) is 0 Å². The molecular formula is C14H23P. The monoisotopic (exact) mass is 222 g/mol. The van der Waals surface area contributed by atoms with Gasteiger partial charge in [0.05, 0.1) is 0 Å². The Hall–Kier alpha value is -0.350. The molecule has 0 amide bonds. The molecule has 15 heavy (non-hydrogen) atoms. The molecule has 0 radical (unpaired) electrons. The lowest BCUT2D eigenvalue weighted by Crippen LogP contribution is -2.21. The molecule has 1 heteroatoms. The summed E-state index contributed by atoms with van der Waals surface area (Å²) in [6.45, 7) is 9.41. The van der Waals surface area contributed by atoms with E-state index in [9.17, 15) is 0 Å². The minimum atomic E-state index is -0.00270. The molecule has 0 nitrogen and oxygen atoms in total. The second-order valence-corrected chi connectivity index (χ2v) is 8.17. The highest BCUT2D eigenvalue weighted by atomic mass is 31.1. The average molecular weight is 222 g/mol. The standard InChI is InChI=1S/C14H23P/c1-5-6-12-15(14(2,3)4)13-10-8-7-9-11-13/h7-11H,5-6,12H2,1-4H3. The van der Waals surface area contributed by atoms with Gasteiger partial charge in [-0.05, 0) is 23.0 Å². The summed E-state index contributed by atoms with van der Waals surface area (Å²) in [5.74, 6) is 0. The van der Waals surface area contributed by atoms with Crippen LogP contribution in [0, 0.1) is 0 Å². The van der Waals surface area contributed by atoms with Gasteiger partial charge in [0.25, 0.3) is 0 Å². The van der Waals surface area contributed by atoms with Crippen molar-refractivity contribution in [1.82, 2.24) is 0 Å². The Bertz CT molecular complexity index is 271. The third kappa shape index (κ3) is 3.95. The molecule has 1 aromatic carbocycles. The zero-order valence-corrected chi connectivity index (χ0v) is 11.3. The maximum atomic E-state index is 2.38. The highest BCUT2D eigenvalue weighted by molar-refractivity contribution is 7.67. The van der Waals surface area contributed by atoms with E-state index in [4.69, 9.17) is 0 Å². The summed E-state index contributed by atoms with van der Waals surface area (Å²) >= 11 is 0. The van der Waals surface area contributed by atoms with Crippen LogP contribution < -0.4 is 5.30 Å². The van der Waals surface area contributed by atoms with Gasteiger partial charge in [-0.1, -0.05) is 72.4 Å². The van der Waals surface area contributed by atoms with Gasteiger partial charge < -0.3 is 0 Å². The van der Waals surface area contributed by atoms with Crippen molar-refractivity contribution in [3.8, 4) is 0 Å². The molecule has 1 rings (SSSR count). The summed E-state index contributed by atoms with van der Waals surface area (Å²) in [4.78, 5) is 0. The normalized spacial score (nSPS) is 13.9. The summed E-state index contributed by atoms with van der Waals surface area (Å²) in [5, 5.41) is 2.00. The second kappa shape index (κ2) is 5.66. The summed E-state index contributed by atoms with van der Waals surface area (Å²) in [5.41, 5.74) is 0. The smallest absolute Gasteiger partial charge is 0.0139 e. The van der Waals surface area contributed by atoms with Crippen molar-refractivity contribution >= 4 is 13.2 Å². The van der Waals surface area contributed by atoms with Gasteiger partial charge in [-0.2, -0.15) is 0 Å². The Balaban J connectivity index is 2.82. The van der Waals surface area contributed by atoms with Crippen molar-refractivity contribution in [2.24, 2.45) is 0 Å². The number of unbranched alkanes of at least 4 members (excludes halogenated alkanes) is 1. The van der Waals surface area contributed by atoms with E-state index in [1.807, 2.05) is 0 Å². The van der Waals surface area contributed by atoms with Crippen LogP contribution >= 0.6 is 7.92 Å². The molecule has 0 fully saturated rings. The molecule has 1 aromatic rings. The van der Waals surface area contributed by atoms with Gasteiger partial charge in [0.2, 0.25) is 0 Å². The van der Waals surface area contributed by atoms with Gasteiger partial charge >= 0.3 is 0 Å². The molecule has 0 heterocycles. The fraction of sp³-hybridized carbons (Fsp3) is 0.571. The first kappa shape index (κ1) is 12.7. The minimum absolute atomic E-state index is 0.00270. The van der Waals surface area contributed by atoms with Crippen molar-refractivity contribution in [1.29, 1.82) is 0 Å². The molecule has 0 aliphatic heterocycles.